The molecule has 2 aliphatic heterocycles. The van der Waals surface area contributed by atoms with Crippen molar-refractivity contribution in [2.24, 2.45) is 0 Å². The number of anilines is 1. The van der Waals surface area contributed by atoms with Crippen LogP contribution in [0.25, 0.3) is 10.2 Å². The Labute approximate surface area is 150 Å². The van der Waals surface area contributed by atoms with Gasteiger partial charge in [-0.2, -0.15) is 0 Å². The van der Waals surface area contributed by atoms with E-state index in [1.165, 1.54) is 11.3 Å². The smallest absolute Gasteiger partial charge is 0.348 e. The van der Waals surface area contributed by atoms with E-state index in [1.807, 2.05) is 13.8 Å². The van der Waals surface area contributed by atoms with E-state index in [4.69, 9.17) is 9.47 Å². The van der Waals surface area contributed by atoms with E-state index in [0.717, 1.165) is 47.8 Å². The Balaban J connectivity index is 1.72. The van der Waals surface area contributed by atoms with Crippen LogP contribution in [0, 0.1) is 6.92 Å². The van der Waals surface area contributed by atoms with Gasteiger partial charge in [0.05, 0.1) is 30.7 Å². The van der Waals surface area contributed by atoms with Crippen LogP contribution in [0.2, 0.25) is 0 Å². The number of carbonyl (C=O) groups excluding carboxylic acids is 1. The van der Waals surface area contributed by atoms with E-state index in [2.05, 4.69) is 26.8 Å². The van der Waals surface area contributed by atoms with Gasteiger partial charge in [0.25, 0.3) is 0 Å². The van der Waals surface area contributed by atoms with Crippen LogP contribution in [-0.2, 0) is 9.47 Å². The first kappa shape index (κ1) is 16.7. The van der Waals surface area contributed by atoms with E-state index in [-0.39, 0.29) is 12.1 Å². The van der Waals surface area contributed by atoms with Gasteiger partial charge in [0.1, 0.15) is 21.9 Å². The first-order valence-corrected chi connectivity index (χ1v) is 9.39. The third-order valence-corrected chi connectivity index (χ3v) is 6.23. The minimum absolute atomic E-state index is 0.201. The number of hydrogen-bond donors (Lipinski definition) is 0. The number of likely N-dealkylation sites (N-methyl/N-ethyl adjacent to an activating group) is 1. The Kier molecular flexibility index (Phi) is 4.35. The molecule has 134 valence electrons. The van der Waals surface area contributed by atoms with Gasteiger partial charge in [0, 0.05) is 19.6 Å². The molecular formula is C17H22N4O3S. The van der Waals surface area contributed by atoms with Crippen LogP contribution in [0.3, 0.4) is 0 Å². The van der Waals surface area contributed by atoms with Crippen LogP contribution in [0.4, 0.5) is 5.82 Å². The lowest BCUT2D eigenvalue weighted by Gasteiger charge is -2.33. The molecule has 2 atom stereocenters. The number of ether oxygens (including phenoxy) is 2. The Morgan fingerprint density at radius 3 is 3.04 bits per heavy atom. The molecule has 4 heterocycles. The molecule has 0 aromatic carbocycles. The number of fused-ring (bicyclic) bond motifs is 2. The largest absolute Gasteiger partial charge is 0.462 e. The summed E-state index contributed by atoms with van der Waals surface area (Å²) in [5.41, 5.74) is 0.901. The summed E-state index contributed by atoms with van der Waals surface area (Å²) in [5.74, 6) is 0.604. The molecular weight excluding hydrogens is 340 g/mol. The second kappa shape index (κ2) is 6.51. The lowest BCUT2D eigenvalue weighted by atomic mass is 10.1. The van der Waals surface area contributed by atoms with Crippen molar-refractivity contribution in [2.45, 2.75) is 26.0 Å². The van der Waals surface area contributed by atoms with Crippen LogP contribution < -0.4 is 4.90 Å². The van der Waals surface area contributed by atoms with E-state index in [0.29, 0.717) is 17.5 Å². The van der Waals surface area contributed by atoms with Crippen molar-refractivity contribution in [2.75, 3.05) is 44.8 Å². The van der Waals surface area contributed by atoms with Crippen LogP contribution >= 0.6 is 11.3 Å². The van der Waals surface area contributed by atoms with Gasteiger partial charge in [0.2, 0.25) is 0 Å². The number of rotatable bonds is 3. The van der Waals surface area contributed by atoms with Gasteiger partial charge in [-0.25, -0.2) is 14.8 Å². The molecule has 0 bridgehead atoms. The third-order valence-electron chi connectivity index (χ3n) is 5.05. The maximum atomic E-state index is 12.2. The summed E-state index contributed by atoms with van der Waals surface area (Å²) < 4.78 is 11.1. The number of esters is 1. The molecule has 0 saturated carbocycles. The number of carbonyl (C=O) groups is 1. The molecule has 2 unspecified atom stereocenters. The molecule has 0 amide bonds. The summed E-state index contributed by atoms with van der Waals surface area (Å²) in [6.07, 6.45) is 1.78. The van der Waals surface area contributed by atoms with Gasteiger partial charge in [0.15, 0.2) is 0 Å². The highest BCUT2D eigenvalue weighted by atomic mass is 32.1. The number of aromatic nitrogens is 2. The van der Waals surface area contributed by atoms with E-state index < -0.39 is 0 Å². The number of aryl methyl sites for hydroxylation is 1. The molecule has 2 fully saturated rings. The average Bonchev–Trinajstić information content (AvgIpc) is 3.18. The zero-order valence-corrected chi connectivity index (χ0v) is 15.5. The Morgan fingerprint density at radius 2 is 2.28 bits per heavy atom. The minimum atomic E-state index is -0.285. The van der Waals surface area contributed by atoms with Gasteiger partial charge in [-0.15, -0.1) is 11.3 Å². The molecule has 0 radical (unpaired) electrons. The molecule has 2 aliphatic rings. The van der Waals surface area contributed by atoms with Crippen LogP contribution in [-0.4, -0.2) is 72.9 Å². The second-order valence-electron chi connectivity index (χ2n) is 6.52. The number of hydrogen-bond acceptors (Lipinski definition) is 8. The molecule has 2 saturated heterocycles. The molecule has 25 heavy (non-hydrogen) atoms. The fourth-order valence-corrected chi connectivity index (χ4v) is 4.75. The summed E-state index contributed by atoms with van der Waals surface area (Å²) in [7, 11) is 2.15. The van der Waals surface area contributed by atoms with Crippen LogP contribution in [0.15, 0.2) is 6.33 Å². The normalized spacial score (nSPS) is 23.9. The van der Waals surface area contributed by atoms with Gasteiger partial charge < -0.3 is 14.4 Å². The fraction of sp³-hybridized carbons (Fsp3) is 0.588. The highest BCUT2D eigenvalue weighted by Gasteiger charge is 2.40. The SMILES string of the molecule is CCOC(=O)c1sc2ncnc(N3CC4OCCN(C)C4C3)c2c1C. The lowest BCUT2D eigenvalue weighted by molar-refractivity contribution is -0.0362. The first-order chi connectivity index (χ1) is 12.1. The van der Waals surface area contributed by atoms with Gasteiger partial charge in [-0.1, -0.05) is 0 Å². The topological polar surface area (TPSA) is 67.8 Å². The van der Waals surface area contributed by atoms with Crippen molar-refractivity contribution in [3.8, 4) is 0 Å². The summed E-state index contributed by atoms with van der Waals surface area (Å²) in [6, 6.07) is 0.377. The third kappa shape index (κ3) is 2.78. The van der Waals surface area contributed by atoms with Gasteiger partial charge in [-0.3, -0.25) is 4.90 Å². The summed E-state index contributed by atoms with van der Waals surface area (Å²) in [6.45, 7) is 7.54. The maximum absolute atomic E-state index is 12.2. The Bertz CT molecular complexity index is 809. The van der Waals surface area contributed by atoms with Crippen LogP contribution in [0.1, 0.15) is 22.2 Å². The van der Waals surface area contributed by atoms with Crippen molar-refractivity contribution in [1.82, 2.24) is 14.9 Å². The maximum Gasteiger partial charge on any atom is 0.348 e. The van der Waals surface area contributed by atoms with Crippen molar-refractivity contribution in [3.05, 3.63) is 16.8 Å². The average molecular weight is 362 g/mol. The summed E-state index contributed by atoms with van der Waals surface area (Å²) in [5, 5.41) is 0.955. The monoisotopic (exact) mass is 362 g/mol. The molecule has 4 rings (SSSR count). The van der Waals surface area contributed by atoms with Crippen molar-refractivity contribution < 1.29 is 14.3 Å². The minimum Gasteiger partial charge on any atom is -0.462 e. The van der Waals surface area contributed by atoms with Crippen LogP contribution in [0.5, 0.6) is 0 Å². The molecule has 7 nitrogen and oxygen atoms in total. The lowest BCUT2D eigenvalue weighted by Crippen LogP contribution is -2.48. The molecule has 8 heteroatoms. The number of nitrogens with zero attached hydrogens (tertiary/aromatic N) is 4. The van der Waals surface area contributed by atoms with Crippen molar-refractivity contribution in [1.29, 1.82) is 0 Å². The van der Waals surface area contributed by atoms with E-state index >= 15 is 0 Å². The summed E-state index contributed by atoms with van der Waals surface area (Å²) >= 11 is 1.38. The predicted molar refractivity (Wildman–Crippen MR) is 96.5 cm³/mol. The van der Waals surface area contributed by atoms with Crippen molar-refractivity contribution >= 4 is 33.3 Å². The Hall–Kier alpha value is -1.77. The van der Waals surface area contributed by atoms with Crippen molar-refractivity contribution in [3.63, 3.8) is 0 Å². The molecule has 2 aromatic rings. The number of thiophene rings is 1. The molecule has 0 spiro atoms. The van der Waals surface area contributed by atoms with E-state index in [1.54, 1.807) is 6.33 Å². The first-order valence-electron chi connectivity index (χ1n) is 8.58. The number of morpholine rings is 1. The Morgan fingerprint density at radius 1 is 1.44 bits per heavy atom. The highest BCUT2D eigenvalue weighted by Crippen LogP contribution is 2.37. The molecule has 2 aromatic heterocycles. The molecule has 0 aliphatic carbocycles. The summed E-state index contributed by atoms with van der Waals surface area (Å²) in [4.78, 5) is 27.2. The standard InChI is InChI=1S/C17H22N4O3S/c1-4-23-17(22)14-10(2)13-15(18-9-19-16(13)25-14)21-7-11-12(8-21)24-6-5-20(11)3/h9,11-12H,4-8H2,1-3H3. The second-order valence-corrected chi connectivity index (χ2v) is 7.52. The van der Waals surface area contributed by atoms with Gasteiger partial charge >= 0.3 is 5.97 Å². The zero-order chi connectivity index (χ0) is 17.6. The predicted octanol–water partition coefficient (Wildman–Crippen LogP) is 1.70. The zero-order valence-electron chi connectivity index (χ0n) is 14.7. The van der Waals surface area contributed by atoms with E-state index in [9.17, 15) is 4.79 Å². The van der Waals surface area contributed by atoms with Gasteiger partial charge in [-0.05, 0) is 26.5 Å². The quantitative estimate of drug-likeness (QED) is 0.770. The fourth-order valence-electron chi connectivity index (χ4n) is 3.71. The molecule has 0 N–H and O–H groups in total. The highest BCUT2D eigenvalue weighted by molar-refractivity contribution is 7.20.